The number of anilines is 1. The largest absolute Gasteiger partial charge is 0.334 e. The number of aromatic amines is 1. The predicted octanol–water partition coefficient (Wildman–Crippen LogP) is 3.05. The van der Waals surface area contributed by atoms with Crippen molar-refractivity contribution >= 4 is 32.6 Å². The summed E-state index contributed by atoms with van der Waals surface area (Å²) in [7, 11) is -3.31. The second kappa shape index (κ2) is 8.15. The molecule has 9 nitrogen and oxygen atoms in total. The highest BCUT2D eigenvalue weighted by molar-refractivity contribution is 7.90. The zero-order chi connectivity index (χ0) is 22.0. The molecule has 0 aliphatic carbocycles. The number of H-pyrrole nitrogens is 1. The molecule has 0 radical (unpaired) electrons. The zero-order valence-corrected chi connectivity index (χ0v) is 17.7. The molecule has 3 N–H and O–H groups in total. The van der Waals surface area contributed by atoms with Crippen molar-refractivity contribution in [3.05, 3.63) is 66.1 Å². The molecule has 0 unspecified atom stereocenters. The number of sulfone groups is 1. The van der Waals surface area contributed by atoms with Gasteiger partial charge in [0, 0.05) is 47.9 Å². The summed E-state index contributed by atoms with van der Waals surface area (Å²) in [5.41, 5.74) is 3.98. The number of fused-ring (bicyclic) bond motifs is 1. The third-order valence-electron chi connectivity index (χ3n) is 4.64. The van der Waals surface area contributed by atoms with Gasteiger partial charge in [-0.3, -0.25) is 15.4 Å². The first-order chi connectivity index (χ1) is 14.8. The smallest absolute Gasteiger partial charge is 0.320 e. The van der Waals surface area contributed by atoms with Gasteiger partial charge < -0.3 is 5.32 Å². The quantitative estimate of drug-likeness (QED) is 0.441. The molecule has 0 aliphatic rings. The maximum absolute atomic E-state index is 12.3. The van der Waals surface area contributed by atoms with E-state index in [0.717, 1.165) is 34.1 Å². The third kappa shape index (κ3) is 4.69. The second-order valence-corrected chi connectivity index (χ2v) is 9.12. The summed E-state index contributed by atoms with van der Waals surface area (Å²) in [5, 5.41) is 13.5. The molecule has 4 aromatic rings. The maximum atomic E-state index is 12.3. The first kappa shape index (κ1) is 20.5. The predicted molar refractivity (Wildman–Crippen MR) is 117 cm³/mol. The molecule has 2 amide bonds. The Kier molecular flexibility index (Phi) is 5.38. The number of nitrogens with one attached hydrogen (secondary N) is 3. The molecule has 0 atom stereocenters. The van der Waals surface area contributed by atoms with Gasteiger partial charge in [-0.1, -0.05) is 12.1 Å². The van der Waals surface area contributed by atoms with Gasteiger partial charge in [-0.2, -0.15) is 5.10 Å². The number of benzene rings is 1. The van der Waals surface area contributed by atoms with Crippen molar-refractivity contribution in [1.29, 1.82) is 0 Å². The molecule has 0 saturated heterocycles. The van der Waals surface area contributed by atoms with E-state index in [1.807, 2.05) is 19.1 Å². The SMILES string of the molecule is Cc1cc(-c2n[nH]c3cc(NC(=O)NCc4cccc(S(C)(=O)=O)c4)ncc23)ccn1. The molecule has 31 heavy (non-hydrogen) atoms. The standard InChI is InChI=1S/C21H20N6O3S/c1-13-8-15(6-7-22-13)20-17-12-23-19(10-18(17)26-27-20)25-21(28)24-11-14-4-3-5-16(9-14)31(2,29)30/h3-10,12H,11H2,1-2H3,(H,26,27)(H2,23,24,25,28). The van der Waals surface area contributed by atoms with Gasteiger partial charge in [-0.15, -0.1) is 0 Å². The number of hydrogen-bond acceptors (Lipinski definition) is 6. The Bertz CT molecular complexity index is 1380. The van der Waals surface area contributed by atoms with Gasteiger partial charge in [0.25, 0.3) is 0 Å². The Morgan fingerprint density at radius 3 is 2.74 bits per heavy atom. The van der Waals surface area contributed by atoms with E-state index in [-0.39, 0.29) is 11.4 Å². The van der Waals surface area contributed by atoms with Gasteiger partial charge in [0.2, 0.25) is 0 Å². The van der Waals surface area contributed by atoms with Gasteiger partial charge >= 0.3 is 6.03 Å². The maximum Gasteiger partial charge on any atom is 0.320 e. The fourth-order valence-corrected chi connectivity index (χ4v) is 3.81. The van der Waals surface area contributed by atoms with Crippen molar-refractivity contribution in [2.75, 3.05) is 11.6 Å². The lowest BCUT2D eigenvalue weighted by Crippen LogP contribution is -2.28. The van der Waals surface area contributed by atoms with E-state index in [9.17, 15) is 13.2 Å². The summed E-state index contributed by atoms with van der Waals surface area (Å²) in [5.74, 6) is 0.357. The Hall–Kier alpha value is -3.79. The number of hydrogen-bond donors (Lipinski definition) is 3. The Balaban J connectivity index is 1.45. The molecule has 3 aromatic heterocycles. The molecule has 0 fully saturated rings. The molecule has 1 aromatic carbocycles. The van der Waals surface area contributed by atoms with Crippen molar-refractivity contribution in [1.82, 2.24) is 25.5 Å². The fraction of sp³-hybridized carbons (Fsp3) is 0.143. The number of aryl methyl sites for hydroxylation is 1. The van der Waals surface area contributed by atoms with Crippen LogP contribution in [0.25, 0.3) is 22.2 Å². The van der Waals surface area contributed by atoms with Crippen LogP contribution in [0.15, 0.2) is 59.8 Å². The molecule has 158 valence electrons. The number of amides is 2. The van der Waals surface area contributed by atoms with Crippen LogP contribution in [0.4, 0.5) is 10.6 Å². The fourth-order valence-electron chi connectivity index (χ4n) is 3.12. The van der Waals surface area contributed by atoms with E-state index in [4.69, 9.17) is 0 Å². The number of urea groups is 1. The molecule has 3 heterocycles. The number of pyridine rings is 2. The number of aromatic nitrogens is 4. The van der Waals surface area contributed by atoms with Crippen LogP contribution in [0.2, 0.25) is 0 Å². The second-order valence-electron chi connectivity index (χ2n) is 7.10. The minimum atomic E-state index is -3.31. The lowest BCUT2D eigenvalue weighted by atomic mass is 10.1. The van der Waals surface area contributed by atoms with Crippen molar-refractivity contribution < 1.29 is 13.2 Å². The van der Waals surface area contributed by atoms with Crippen LogP contribution in [-0.4, -0.2) is 40.9 Å². The normalized spacial score (nSPS) is 11.4. The minimum absolute atomic E-state index is 0.174. The van der Waals surface area contributed by atoms with E-state index >= 15 is 0 Å². The lowest BCUT2D eigenvalue weighted by molar-refractivity contribution is 0.251. The molecule has 0 aliphatic heterocycles. The van der Waals surface area contributed by atoms with E-state index in [1.165, 1.54) is 12.1 Å². The van der Waals surface area contributed by atoms with Crippen molar-refractivity contribution in [3.63, 3.8) is 0 Å². The molecular weight excluding hydrogens is 416 g/mol. The molecule has 0 bridgehead atoms. The summed E-state index contributed by atoms with van der Waals surface area (Å²) in [6, 6.07) is 11.5. The number of rotatable bonds is 5. The number of carbonyl (C=O) groups excluding carboxylic acids is 1. The molecule has 10 heteroatoms. The Morgan fingerprint density at radius 1 is 1.13 bits per heavy atom. The van der Waals surface area contributed by atoms with E-state index in [0.29, 0.717) is 11.4 Å². The highest BCUT2D eigenvalue weighted by atomic mass is 32.2. The number of nitrogens with zero attached hydrogens (tertiary/aromatic N) is 3. The minimum Gasteiger partial charge on any atom is -0.334 e. The van der Waals surface area contributed by atoms with Gasteiger partial charge in [0.1, 0.15) is 11.5 Å². The van der Waals surface area contributed by atoms with Gasteiger partial charge in [0.05, 0.1) is 10.4 Å². The van der Waals surface area contributed by atoms with E-state index < -0.39 is 15.9 Å². The van der Waals surface area contributed by atoms with E-state index in [2.05, 4.69) is 30.8 Å². The summed E-state index contributed by atoms with van der Waals surface area (Å²) in [6.07, 6.45) is 4.52. The molecule has 0 saturated carbocycles. The summed E-state index contributed by atoms with van der Waals surface area (Å²) in [4.78, 5) is 21.0. The first-order valence-corrected chi connectivity index (χ1v) is 11.3. The zero-order valence-electron chi connectivity index (χ0n) is 16.9. The van der Waals surface area contributed by atoms with Crippen LogP contribution < -0.4 is 10.6 Å². The van der Waals surface area contributed by atoms with Gasteiger partial charge in [-0.25, -0.2) is 18.2 Å². The van der Waals surface area contributed by atoms with Gasteiger partial charge in [0.15, 0.2) is 9.84 Å². The molecule has 4 rings (SSSR count). The monoisotopic (exact) mass is 436 g/mol. The lowest BCUT2D eigenvalue weighted by Gasteiger charge is -2.08. The molecular formula is C21H20N6O3S. The summed E-state index contributed by atoms with van der Waals surface area (Å²) < 4.78 is 23.3. The van der Waals surface area contributed by atoms with Crippen LogP contribution in [0.1, 0.15) is 11.3 Å². The van der Waals surface area contributed by atoms with E-state index in [1.54, 1.807) is 30.6 Å². The van der Waals surface area contributed by atoms with Crippen LogP contribution >= 0.6 is 0 Å². The average molecular weight is 436 g/mol. The van der Waals surface area contributed by atoms with Crippen molar-refractivity contribution in [2.45, 2.75) is 18.4 Å². The average Bonchev–Trinajstić information content (AvgIpc) is 3.15. The first-order valence-electron chi connectivity index (χ1n) is 9.40. The van der Waals surface area contributed by atoms with Gasteiger partial charge in [-0.05, 0) is 36.8 Å². The number of carbonyl (C=O) groups is 1. The van der Waals surface area contributed by atoms with Crippen LogP contribution in [0.5, 0.6) is 0 Å². The molecule has 0 spiro atoms. The Morgan fingerprint density at radius 2 is 1.97 bits per heavy atom. The van der Waals surface area contributed by atoms with Crippen molar-refractivity contribution in [3.8, 4) is 11.3 Å². The van der Waals surface area contributed by atoms with Crippen LogP contribution in [-0.2, 0) is 16.4 Å². The van der Waals surface area contributed by atoms with Crippen molar-refractivity contribution in [2.24, 2.45) is 0 Å². The summed E-state index contributed by atoms with van der Waals surface area (Å²) in [6.45, 7) is 2.09. The topological polar surface area (TPSA) is 130 Å². The van der Waals surface area contributed by atoms with Crippen LogP contribution in [0.3, 0.4) is 0 Å². The van der Waals surface area contributed by atoms with Crippen LogP contribution in [0, 0.1) is 6.92 Å². The Labute approximate surface area is 178 Å². The summed E-state index contributed by atoms with van der Waals surface area (Å²) >= 11 is 0. The third-order valence-corrected chi connectivity index (χ3v) is 5.75. The highest BCUT2D eigenvalue weighted by Crippen LogP contribution is 2.26. The highest BCUT2D eigenvalue weighted by Gasteiger charge is 2.12.